The van der Waals surface area contributed by atoms with Gasteiger partial charge in [0, 0.05) is 36.5 Å². The second-order valence-electron chi connectivity index (χ2n) is 6.29. The smallest absolute Gasteiger partial charge is 0.226 e. The molecule has 1 aromatic heterocycles. The highest BCUT2D eigenvalue weighted by atomic mass is 32.1. The van der Waals surface area contributed by atoms with Crippen molar-refractivity contribution in [2.45, 2.75) is 57.8 Å². The molecule has 21 heavy (non-hydrogen) atoms. The van der Waals surface area contributed by atoms with Crippen LogP contribution in [0.1, 0.15) is 61.6 Å². The van der Waals surface area contributed by atoms with E-state index in [0.717, 1.165) is 38.0 Å². The van der Waals surface area contributed by atoms with Crippen LogP contribution in [0, 0.1) is 6.92 Å². The number of aryl methyl sites for hydroxylation is 1. The Kier molecular flexibility index (Phi) is 4.73. The number of allylic oxidation sites excluding steroid dienone is 1. The van der Waals surface area contributed by atoms with Gasteiger partial charge in [0.25, 0.3) is 0 Å². The highest BCUT2D eigenvalue weighted by Gasteiger charge is 2.26. The lowest BCUT2D eigenvalue weighted by molar-refractivity contribution is -0.131. The van der Waals surface area contributed by atoms with Crippen LogP contribution in [0.25, 0.3) is 0 Å². The number of carbonyl (C=O) groups excluding carboxylic acids is 1. The molecule has 114 valence electrons. The van der Waals surface area contributed by atoms with E-state index in [0.29, 0.717) is 18.2 Å². The summed E-state index contributed by atoms with van der Waals surface area (Å²) in [5.74, 6) is 0.767. The SMILES string of the molecule is Cc1csc(C2CCCN(C(=O)CC3=CCCCC3)C2)n1. The second kappa shape index (κ2) is 6.73. The number of piperidine rings is 1. The van der Waals surface area contributed by atoms with Crippen LogP contribution < -0.4 is 0 Å². The number of aromatic nitrogens is 1. The van der Waals surface area contributed by atoms with E-state index in [2.05, 4.69) is 21.3 Å². The standard InChI is InChI=1S/C17H24N2OS/c1-13-12-21-17(18-13)15-8-5-9-19(11-15)16(20)10-14-6-3-2-4-7-14/h6,12,15H,2-5,7-11H2,1H3. The Morgan fingerprint density at radius 1 is 1.43 bits per heavy atom. The van der Waals surface area contributed by atoms with E-state index in [4.69, 9.17) is 0 Å². The van der Waals surface area contributed by atoms with Crippen molar-refractivity contribution in [3.63, 3.8) is 0 Å². The maximum Gasteiger partial charge on any atom is 0.226 e. The minimum absolute atomic E-state index is 0.320. The van der Waals surface area contributed by atoms with Crippen LogP contribution in [0.3, 0.4) is 0 Å². The van der Waals surface area contributed by atoms with Crippen LogP contribution in [0.5, 0.6) is 0 Å². The average Bonchev–Trinajstić information content (AvgIpc) is 2.95. The van der Waals surface area contributed by atoms with E-state index in [1.165, 1.54) is 29.8 Å². The fourth-order valence-electron chi connectivity index (χ4n) is 3.34. The van der Waals surface area contributed by atoms with Gasteiger partial charge in [-0.25, -0.2) is 4.98 Å². The van der Waals surface area contributed by atoms with Gasteiger partial charge in [-0.05, 0) is 45.4 Å². The Hall–Kier alpha value is -1.16. The molecule has 1 aromatic rings. The third-order valence-corrected chi connectivity index (χ3v) is 5.65. The Labute approximate surface area is 131 Å². The molecular weight excluding hydrogens is 280 g/mol. The summed E-state index contributed by atoms with van der Waals surface area (Å²) in [6, 6.07) is 0. The molecule has 1 atom stereocenters. The van der Waals surface area contributed by atoms with Crippen molar-refractivity contribution in [1.82, 2.24) is 9.88 Å². The predicted molar refractivity (Wildman–Crippen MR) is 86.6 cm³/mol. The summed E-state index contributed by atoms with van der Waals surface area (Å²) in [5.41, 5.74) is 2.46. The van der Waals surface area contributed by atoms with Crippen molar-refractivity contribution < 1.29 is 4.79 Å². The summed E-state index contributed by atoms with van der Waals surface area (Å²) >= 11 is 1.75. The van der Waals surface area contributed by atoms with Gasteiger partial charge in [-0.15, -0.1) is 11.3 Å². The number of carbonyl (C=O) groups is 1. The zero-order valence-electron chi connectivity index (χ0n) is 12.8. The van der Waals surface area contributed by atoms with Gasteiger partial charge in [0.2, 0.25) is 5.91 Å². The lowest BCUT2D eigenvalue weighted by Gasteiger charge is -2.32. The van der Waals surface area contributed by atoms with Gasteiger partial charge in [-0.3, -0.25) is 4.79 Å². The number of nitrogens with zero attached hydrogens (tertiary/aromatic N) is 2. The van der Waals surface area contributed by atoms with E-state index in [1.807, 2.05) is 6.92 Å². The molecule has 1 saturated heterocycles. The number of hydrogen-bond donors (Lipinski definition) is 0. The maximum absolute atomic E-state index is 12.5. The number of hydrogen-bond acceptors (Lipinski definition) is 3. The maximum atomic E-state index is 12.5. The highest BCUT2D eigenvalue weighted by molar-refractivity contribution is 7.09. The van der Waals surface area contributed by atoms with Crippen molar-refractivity contribution in [3.05, 3.63) is 27.7 Å². The van der Waals surface area contributed by atoms with Gasteiger partial charge < -0.3 is 4.90 Å². The molecule has 1 aliphatic heterocycles. The van der Waals surface area contributed by atoms with Crippen molar-refractivity contribution in [1.29, 1.82) is 0 Å². The zero-order chi connectivity index (χ0) is 14.7. The Balaban J connectivity index is 1.60. The van der Waals surface area contributed by atoms with E-state index in [-0.39, 0.29) is 0 Å². The third-order valence-electron chi connectivity index (χ3n) is 4.52. The molecule has 3 nitrogen and oxygen atoms in total. The van der Waals surface area contributed by atoms with Crippen LogP contribution in [-0.2, 0) is 4.79 Å². The summed E-state index contributed by atoms with van der Waals surface area (Å²) in [5, 5.41) is 3.32. The summed E-state index contributed by atoms with van der Waals surface area (Å²) in [6.45, 7) is 3.83. The Bertz CT molecular complexity index is 535. The fourth-order valence-corrected chi connectivity index (χ4v) is 4.26. The Morgan fingerprint density at radius 2 is 2.33 bits per heavy atom. The third kappa shape index (κ3) is 3.73. The average molecular weight is 304 g/mol. The first-order valence-corrected chi connectivity index (χ1v) is 8.98. The van der Waals surface area contributed by atoms with Crippen LogP contribution in [0.4, 0.5) is 0 Å². The van der Waals surface area contributed by atoms with Crippen LogP contribution in [-0.4, -0.2) is 28.9 Å². The van der Waals surface area contributed by atoms with Crippen molar-refractivity contribution in [2.75, 3.05) is 13.1 Å². The first-order chi connectivity index (χ1) is 10.2. The predicted octanol–water partition coefficient (Wildman–Crippen LogP) is 4.05. The zero-order valence-corrected chi connectivity index (χ0v) is 13.6. The lowest BCUT2D eigenvalue weighted by Crippen LogP contribution is -2.39. The summed E-state index contributed by atoms with van der Waals surface area (Å²) in [7, 11) is 0. The molecule has 0 bridgehead atoms. The summed E-state index contributed by atoms with van der Waals surface area (Å²) in [6.07, 6.45) is 10.0. The summed E-state index contributed by atoms with van der Waals surface area (Å²) in [4.78, 5) is 19.2. The quantitative estimate of drug-likeness (QED) is 0.789. The first-order valence-electron chi connectivity index (χ1n) is 8.10. The molecule has 1 fully saturated rings. The van der Waals surface area contributed by atoms with Crippen LogP contribution >= 0.6 is 11.3 Å². The molecular formula is C17H24N2OS. The van der Waals surface area contributed by atoms with Gasteiger partial charge in [-0.1, -0.05) is 11.6 Å². The molecule has 4 heteroatoms. The lowest BCUT2D eigenvalue weighted by atomic mass is 9.95. The summed E-state index contributed by atoms with van der Waals surface area (Å²) < 4.78 is 0. The molecule has 2 aliphatic rings. The minimum Gasteiger partial charge on any atom is -0.342 e. The first kappa shape index (κ1) is 14.8. The molecule has 0 aromatic carbocycles. The van der Waals surface area contributed by atoms with Crippen LogP contribution in [0.2, 0.25) is 0 Å². The number of amides is 1. The number of thiazole rings is 1. The van der Waals surface area contributed by atoms with Crippen molar-refractivity contribution in [3.8, 4) is 0 Å². The van der Waals surface area contributed by atoms with Gasteiger partial charge in [0.15, 0.2) is 0 Å². The normalized spacial score (nSPS) is 23.0. The molecule has 3 rings (SSSR count). The van der Waals surface area contributed by atoms with E-state index < -0.39 is 0 Å². The molecule has 0 saturated carbocycles. The van der Waals surface area contributed by atoms with E-state index in [9.17, 15) is 4.79 Å². The van der Waals surface area contributed by atoms with E-state index >= 15 is 0 Å². The molecule has 0 spiro atoms. The van der Waals surface area contributed by atoms with Crippen LogP contribution in [0.15, 0.2) is 17.0 Å². The van der Waals surface area contributed by atoms with Gasteiger partial charge in [-0.2, -0.15) is 0 Å². The molecule has 2 heterocycles. The van der Waals surface area contributed by atoms with Crippen molar-refractivity contribution >= 4 is 17.2 Å². The molecule has 1 unspecified atom stereocenters. The Morgan fingerprint density at radius 3 is 3.05 bits per heavy atom. The second-order valence-corrected chi connectivity index (χ2v) is 7.18. The van der Waals surface area contributed by atoms with Gasteiger partial charge in [0.05, 0.1) is 5.01 Å². The van der Waals surface area contributed by atoms with E-state index in [1.54, 1.807) is 11.3 Å². The number of rotatable bonds is 3. The monoisotopic (exact) mass is 304 g/mol. The highest BCUT2D eigenvalue weighted by Crippen LogP contribution is 2.30. The largest absolute Gasteiger partial charge is 0.342 e. The number of likely N-dealkylation sites (tertiary alicyclic amines) is 1. The fraction of sp³-hybridized carbons (Fsp3) is 0.647. The van der Waals surface area contributed by atoms with Gasteiger partial charge in [0.1, 0.15) is 0 Å². The minimum atomic E-state index is 0.320. The molecule has 0 N–H and O–H groups in total. The topological polar surface area (TPSA) is 33.2 Å². The molecule has 0 radical (unpaired) electrons. The van der Waals surface area contributed by atoms with Gasteiger partial charge >= 0.3 is 0 Å². The van der Waals surface area contributed by atoms with Crippen molar-refractivity contribution in [2.24, 2.45) is 0 Å². The molecule has 1 amide bonds. The molecule has 1 aliphatic carbocycles.